The Balaban J connectivity index is 1.49. The number of aromatic nitrogens is 2. The molecule has 0 aliphatic carbocycles. The average Bonchev–Trinajstić information content (AvgIpc) is 2.93. The Morgan fingerprint density at radius 1 is 0.921 bits per heavy atom. The lowest BCUT2D eigenvalue weighted by atomic mass is 10.2. The van der Waals surface area contributed by atoms with Crippen LogP contribution >= 0.6 is 23.2 Å². The molecule has 0 N–H and O–H groups in total. The molecule has 0 fully saturated rings. The van der Waals surface area contributed by atoms with E-state index < -0.39 is 5.97 Å². The summed E-state index contributed by atoms with van der Waals surface area (Å²) in [7, 11) is 1.45. The molecule has 4 aromatic carbocycles. The molecule has 0 aliphatic heterocycles. The van der Waals surface area contributed by atoms with Crippen LogP contribution in [0.3, 0.4) is 0 Å². The van der Waals surface area contributed by atoms with E-state index in [0.29, 0.717) is 33.1 Å². The van der Waals surface area contributed by atoms with Gasteiger partial charge in [0.1, 0.15) is 0 Å². The van der Waals surface area contributed by atoms with Gasteiger partial charge in [0.15, 0.2) is 17.3 Å². The van der Waals surface area contributed by atoms with Crippen molar-refractivity contribution in [3.05, 3.63) is 123 Å². The molecule has 0 saturated carbocycles. The molecular weight excluding hydrogens is 525 g/mol. The molecule has 0 unspecified atom stereocenters. The highest BCUT2D eigenvalue weighted by atomic mass is 35.5. The maximum absolute atomic E-state index is 13.3. The summed E-state index contributed by atoms with van der Waals surface area (Å²) < 4.78 is 12.2. The van der Waals surface area contributed by atoms with Crippen molar-refractivity contribution in [2.75, 3.05) is 7.11 Å². The molecule has 9 heteroatoms. The maximum Gasteiger partial charge on any atom is 0.345 e. The van der Waals surface area contributed by atoms with E-state index in [1.165, 1.54) is 30.1 Å². The number of rotatable bonds is 6. The van der Waals surface area contributed by atoms with Gasteiger partial charge in [-0.05, 0) is 54.1 Å². The monoisotopic (exact) mass is 543 g/mol. The Kier molecular flexibility index (Phi) is 7.22. The van der Waals surface area contributed by atoms with Crippen LogP contribution < -0.4 is 15.0 Å². The first kappa shape index (κ1) is 25.2. The highest BCUT2D eigenvalue weighted by molar-refractivity contribution is 6.36. The maximum atomic E-state index is 13.3. The van der Waals surface area contributed by atoms with Crippen molar-refractivity contribution in [2.45, 2.75) is 0 Å². The Labute approximate surface area is 227 Å². The first-order valence-corrected chi connectivity index (χ1v) is 12.2. The number of carbonyl (C=O) groups is 1. The molecule has 5 aromatic rings. The van der Waals surface area contributed by atoms with Crippen LogP contribution in [0.5, 0.6) is 11.5 Å². The van der Waals surface area contributed by atoms with E-state index in [0.717, 1.165) is 5.56 Å². The molecule has 0 aliphatic rings. The second kappa shape index (κ2) is 10.9. The van der Waals surface area contributed by atoms with Crippen LogP contribution in [0.2, 0.25) is 10.0 Å². The van der Waals surface area contributed by atoms with Gasteiger partial charge in [-0.2, -0.15) is 9.78 Å². The summed E-state index contributed by atoms with van der Waals surface area (Å²) in [5.74, 6) is 0.227. The van der Waals surface area contributed by atoms with Crippen LogP contribution in [0.4, 0.5) is 0 Å². The molecule has 0 spiro atoms. The molecule has 38 heavy (non-hydrogen) atoms. The van der Waals surface area contributed by atoms with E-state index >= 15 is 0 Å². The molecule has 1 aromatic heterocycles. The van der Waals surface area contributed by atoms with Crippen LogP contribution in [0, 0.1) is 0 Å². The number of fused-ring (bicyclic) bond motifs is 1. The SMILES string of the molecule is COc1cc(C=Nn2c(-c3ccccc3)nc3ccccc3c2=O)ccc1OC(=O)c1ccc(Cl)cc1Cl. The molecule has 5 rings (SSSR count). The van der Waals surface area contributed by atoms with Gasteiger partial charge >= 0.3 is 5.97 Å². The predicted octanol–water partition coefficient (Wildman–Crippen LogP) is 6.48. The summed E-state index contributed by atoms with van der Waals surface area (Å²) in [6.07, 6.45) is 1.51. The van der Waals surface area contributed by atoms with Gasteiger partial charge in [0.2, 0.25) is 0 Å². The lowest BCUT2D eigenvalue weighted by molar-refractivity contribution is 0.0730. The Bertz CT molecular complexity index is 1750. The van der Waals surface area contributed by atoms with E-state index in [9.17, 15) is 9.59 Å². The lowest BCUT2D eigenvalue weighted by Crippen LogP contribution is -2.20. The summed E-state index contributed by atoms with van der Waals surface area (Å²) >= 11 is 12.0. The molecule has 0 bridgehead atoms. The summed E-state index contributed by atoms with van der Waals surface area (Å²) in [6, 6.07) is 25.9. The number of hydrogen-bond donors (Lipinski definition) is 0. The quantitative estimate of drug-likeness (QED) is 0.139. The fraction of sp³-hybridized carbons (Fsp3) is 0.0345. The molecule has 0 atom stereocenters. The number of hydrogen-bond acceptors (Lipinski definition) is 6. The molecule has 188 valence electrons. The van der Waals surface area contributed by atoms with E-state index in [1.54, 1.807) is 42.5 Å². The van der Waals surface area contributed by atoms with Gasteiger partial charge in [0.25, 0.3) is 5.56 Å². The van der Waals surface area contributed by atoms with Gasteiger partial charge in [-0.3, -0.25) is 4.79 Å². The first-order valence-electron chi connectivity index (χ1n) is 11.4. The minimum Gasteiger partial charge on any atom is -0.493 e. The Morgan fingerprint density at radius 3 is 2.45 bits per heavy atom. The Hall–Kier alpha value is -4.46. The molecule has 1 heterocycles. The minimum absolute atomic E-state index is 0.167. The minimum atomic E-state index is -0.660. The van der Waals surface area contributed by atoms with Crippen molar-refractivity contribution in [2.24, 2.45) is 5.10 Å². The largest absolute Gasteiger partial charge is 0.493 e. The van der Waals surface area contributed by atoms with Gasteiger partial charge in [0, 0.05) is 10.6 Å². The van der Waals surface area contributed by atoms with Crippen molar-refractivity contribution in [1.82, 2.24) is 9.66 Å². The van der Waals surface area contributed by atoms with Gasteiger partial charge in [-0.25, -0.2) is 9.78 Å². The zero-order chi connectivity index (χ0) is 26.6. The van der Waals surface area contributed by atoms with Crippen molar-refractivity contribution in [3.63, 3.8) is 0 Å². The van der Waals surface area contributed by atoms with Crippen LogP contribution in [-0.4, -0.2) is 29.0 Å². The number of benzene rings is 4. The second-order valence-electron chi connectivity index (χ2n) is 8.10. The average molecular weight is 544 g/mol. The number of carbonyl (C=O) groups excluding carboxylic acids is 1. The standard InChI is InChI=1S/C29H19Cl2N3O4/c1-37-26-15-18(11-14-25(26)38-29(36)21-13-12-20(30)16-23(21)31)17-32-34-27(19-7-3-2-4-8-19)33-24-10-6-5-9-22(24)28(34)35/h2-17H,1H3. The number of para-hydroxylation sites is 1. The fourth-order valence-corrected chi connectivity index (χ4v) is 4.27. The molecule has 7 nitrogen and oxygen atoms in total. The first-order chi connectivity index (χ1) is 18.4. The summed E-state index contributed by atoms with van der Waals surface area (Å²) in [5.41, 5.74) is 1.79. The normalized spacial score (nSPS) is 11.1. The topological polar surface area (TPSA) is 82.8 Å². The van der Waals surface area contributed by atoms with E-state index in [2.05, 4.69) is 10.1 Å². The van der Waals surface area contributed by atoms with Gasteiger partial charge < -0.3 is 9.47 Å². The molecular formula is C29H19Cl2N3O4. The number of nitrogens with zero attached hydrogens (tertiary/aromatic N) is 3. The zero-order valence-electron chi connectivity index (χ0n) is 20.0. The number of methoxy groups -OCH3 is 1. The van der Waals surface area contributed by atoms with Crippen molar-refractivity contribution >= 4 is 46.3 Å². The fourth-order valence-electron chi connectivity index (χ4n) is 3.79. The third kappa shape index (κ3) is 5.16. The van der Waals surface area contributed by atoms with E-state index in [4.69, 9.17) is 32.7 Å². The lowest BCUT2D eigenvalue weighted by Gasteiger charge is -2.11. The number of ether oxygens (including phenoxy) is 2. The van der Waals surface area contributed by atoms with Crippen LogP contribution in [-0.2, 0) is 0 Å². The van der Waals surface area contributed by atoms with Crippen LogP contribution in [0.1, 0.15) is 15.9 Å². The smallest absolute Gasteiger partial charge is 0.345 e. The molecule has 0 saturated heterocycles. The van der Waals surface area contributed by atoms with Crippen molar-refractivity contribution in [3.8, 4) is 22.9 Å². The molecule has 0 amide bonds. The van der Waals surface area contributed by atoms with Crippen LogP contribution in [0.15, 0.2) is 101 Å². The van der Waals surface area contributed by atoms with Gasteiger partial charge in [-0.1, -0.05) is 65.7 Å². The third-order valence-electron chi connectivity index (χ3n) is 5.65. The third-order valence-corrected chi connectivity index (χ3v) is 6.20. The van der Waals surface area contributed by atoms with E-state index in [1.807, 2.05) is 36.4 Å². The Morgan fingerprint density at radius 2 is 1.68 bits per heavy atom. The number of halogens is 2. The van der Waals surface area contributed by atoms with Crippen molar-refractivity contribution < 1.29 is 14.3 Å². The highest BCUT2D eigenvalue weighted by Gasteiger charge is 2.16. The second-order valence-corrected chi connectivity index (χ2v) is 8.95. The summed E-state index contributed by atoms with van der Waals surface area (Å²) in [5, 5.41) is 5.49. The number of esters is 1. The van der Waals surface area contributed by atoms with Gasteiger partial charge in [-0.15, -0.1) is 0 Å². The summed E-state index contributed by atoms with van der Waals surface area (Å²) in [6.45, 7) is 0. The van der Waals surface area contributed by atoms with Crippen LogP contribution in [0.25, 0.3) is 22.3 Å². The summed E-state index contributed by atoms with van der Waals surface area (Å²) in [4.78, 5) is 30.7. The predicted molar refractivity (Wildman–Crippen MR) is 149 cm³/mol. The van der Waals surface area contributed by atoms with Crippen molar-refractivity contribution in [1.29, 1.82) is 0 Å². The van der Waals surface area contributed by atoms with Gasteiger partial charge in [0.05, 0.1) is 34.8 Å². The van der Waals surface area contributed by atoms with E-state index in [-0.39, 0.29) is 21.9 Å². The molecule has 0 radical (unpaired) electrons. The highest BCUT2D eigenvalue weighted by Crippen LogP contribution is 2.30. The zero-order valence-corrected chi connectivity index (χ0v) is 21.5.